The van der Waals surface area contributed by atoms with Crippen LogP contribution in [0.2, 0.25) is 5.02 Å². The van der Waals surface area contributed by atoms with Gasteiger partial charge in [0.2, 0.25) is 5.95 Å². The van der Waals surface area contributed by atoms with E-state index in [1.165, 1.54) is 0 Å². The molecule has 0 amide bonds. The first-order valence-electron chi connectivity index (χ1n) is 5.63. The number of nitrogens with zero attached hydrogens (tertiary/aromatic N) is 3. The van der Waals surface area contributed by atoms with Gasteiger partial charge >= 0.3 is 0 Å². The molecule has 4 nitrogen and oxygen atoms in total. The number of halogens is 1. The quantitative estimate of drug-likeness (QED) is 0.737. The van der Waals surface area contributed by atoms with E-state index in [0.717, 1.165) is 16.7 Å². The Labute approximate surface area is 114 Å². The Bertz CT molecular complexity index is 814. The van der Waals surface area contributed by atoms with Crippen molar-refractivity contribution in [2.75, 3.05) is 5.73 Å². The van der Waals surface area contributed by atoms with E-state index in [4.69, 9.17) is 22.6 Å². The van der Waals surface area contributed by atoms with E-state index in [2.05, 4.69) is 4.98 Å². The number of para-hydroxylation sites is 2. The molecule has 19 heavy (non-hydrogen) atoms. The Hall–Kier alpha value is -2.51. The average molecular weight is 269 g/mol. The third-order valence-corrected chi connectivity index (χ3v) is 3.23. The molecule has 1 aromatic heterocycles. The van der Waals surface area contributed by atoms with E-state index in [1.54, 1.807) is 18.2 Å². The van der Waals surface area contributed by atoms with Crippen molar-refractivity contribution < 1.29 is 0 Å². The van der Waals surface area contributed by atoms with Gasteiger partial charge in [0.1, 0.15) is 6.07 Å². The molecule has 0 aliphatic rings. The zero-order valence-electron chi connectivity index (χ0n) is 9.84. The highest BCUT2D eigenvalue weighted by atomic mass is 35.5. The summed E-state index contributed by atoms with van der Waals surface area (Å²) in [6, 6.07) is 14.9. The van der Waals surface area contributed by atoms with Crippen molar-refractivity contribution in [2.24, 2.45) is 0 Å². The van der Waals surface area contributed by atoms with Crippen molar-refractivity contribution >= 4 is 28.6 Å². The molecule has 2 N–H and O–H groups in total. The van der Waals surface area contributed by atoms with Crippen LogP contribution in [-0.4, -0.2) is 9.55 Å². The van der Waals surface area contributed by atoms with Crippen LogP contribution in [0.15, 0.2) is 42.5 Å². The second-order valence-corrected chi connectivity index (χ2v) is 4.48. The molecule has 5 heteroatoms. The zero-order valence-corrected chi connectivity index (χ0v) is 10.6. The number of nitriles is 1. The standard InChI is InChI=1S/C14H9ClN4/c15-11-7-10(6-5-9(11)8-16)19-13-4-2-1-3-12(13)18-14(19)17/h1-7H,(H2,17,18). The molecular formula is C14H9ClN4. The van der Waals surface area contributed by atoms with Gasteiger partial charge in [0, 0.05) is 0 Å². The Balaban J connectivity index is 2.28. The third-order valence-electron chi connectivity index (χ3n) is 2.92. The normalized spacial score (nSPS) is 10.5. The van der Waals surface area contributed by atoms with E-state index in [-0.39, 0.29) is 0 Å². The molecule has 1 heterocycles. The van der Waals surface area contributed by atoms with Crippen LogP contribution in [0.4, 0.5) is 5.95 Å². The molecule has 0 atom stereocenters. The number of fused-ring (bicyclic) bond motifs is 1. The van der Waals surface area contributed by atoms with Gasteiger partial charge in [-0.1, -0.05) is 23.7 Å². The van der Waals surface area contributed by atoms with Gasteiger partial charge < -0.3 is 5.73 Å². The van der Waals surface area contributed by atoms with Gasteiger partial charge in [-0.3, -0.25) is 4.57 Å². The van der Waals surface area contributed by atoms with Crippen LogP contribution in [0, 0.1) is 11.3 Å². The number of aromatic nitrogens is 2. The predicted octanol–water partition coefficient (Wildman–Crippen LogP) is 3.13. The van der Waals surface area contributed by atoms with Crippen LogP contribution in [-0.2, 0) is 0 Å². The van der Waals surface area contributed by atoms with Crippen LogP contribution < -0.4 is 5.73 Å². The molecule has 0 unspecified atom stereocenters. The van der Waals surface area contributed by atoms with E-state index < -0.39 is 0 Å². The summed E-state index contributed by atoms with van der Waals surface area (Å²) in [5.74, 6) is 0.391. The fourth-order valence-corrected chi connectivity index (χ4v) is 2.27. The summed E-state index contributed by atoms with van der Waals surface area (Å²) in [7, 11) is 0. The summed E-state index contributed by atoms with van der Waals surface area (Å²) in [6.45, 7) is 0. The largest absolute Gasteiger partial charge is 0.369 e. The van der Waals surface area contributed by atoms with Crippen LogP contribution >= 0.6 is 11.6 Å². The summed E-state index contributed by atoms with van der Waals surface area (Å²) >= 11 is 6.05. The molecule has 0 aliphatic carbocycles. The van der Waals surface area contributed by atoms with E-state index >= 15 is 0 Å². The lowest BCUT2D eigenvalue weighted by Gasteiger charge is -2.07. The average Bonchev–Trinajstić information content (AvgIpc) is 2.74. The summed E-state index contributed by atoms with van der Waals surface area (Å²) in [6.07, 6.45) is 0. The van der Waals surface area contributed by atoms with Crippen molar-refractivity contribution in [3.05, 3.63) is 53.1 Å². The minimum atomic E-state index is 0.391. The van der Waals surface area contributed by atoms with Gasteiger partial charge in [0.05, 0.1) is 27.3 Å². The van der Waals surface area contributed by atoms with Gasteiger partial charge in [0.25, 0.3) is 0 Å². The maximum atomic E-state index is 8.89. The third kappa shape index (κ3) is 1.81. The molecule has 92 valence electrons. The smallest absolute Gasteiger partial charge is 0.205 e. The maximum absolute atomic E-state index is 8.89. The van der Waals surface area contributed by atoms with E-state index in [9.17, 15) is 0 Å². The minimum Gasteiger partial charge on any atom is -0.369 e. The predicted molar refractivity (Wildman–Crippen MR) is 75.2 cm³/mol. The number of hydrogen-bond donors (Lipinski definition) is 1. The van der Waals surface area contributed by atoms with Crippen LogP contribution in [0.1, 0.15) is 5.56 Å². The summed E-state index contributed by atoms with van der Waals surface area (Å²) in [4.78, 5) is 4.29. The van der Waals surface area contributed by atoms with Gasteiger partial charge in [-0.15, -0.1) is 0 Å². The highest BCUT2D eigenvalue weighted by Crippen LogP contribution is 2.26. The fraction of sp³-hybridized carbons (Fsp3) is 0. The van der Waals surface area contributed by atoms with Crippen LogP contribution in [0.5, 0.6) is 0 Å². The van der Waals surface area contributed by atoms with Gasteiger partial charge in [-0.2, -0.15) is 5.26 Å². The molecule has 0 bridgehead atoms. The number of anilines is 1. The number of imidazole rings is 1. The Morgan fingerprint density at radius 1 is 1.21 bits per heavy atom. The molecular weight excluding hydrogens is 260 g/mol. The van der Waals surface area contributed by atoms with Crippen molar-refractivity contribution in [3.8, 4) is 11.8 Å². The second-order valence-electron chi connectivity index (χ2n) is 4.07. The lowest BCUT2D eigenvalue weighted by Crippen LogP contribution is -2.00. The topological polar surface area (TPSA) is 67.6 Å². The fourth-order valence-electron chi connectivity index (χ4n) is 2.05. The molecule has 0 spiro atoms. The second kappa shape index (κ2) is 4.30. The van der Waals surface area contributed by atoms with Crippen LogP contribution in [0.3, 0.4) is 0 Å². The minimum absolute atomic E-state index is 0.391. The van der Waals surface area contributed by atoms with Gasteiger partial charge in [-0.05, 0) is 30.3 Å². The number of rotatable bonds is 1. The number of benzene rings is 2. The number of nitrogens with two attached hydrogens (primary N) is 1. The SMILES string of the molecule is N#Cc1ccc(-n2c(N)nc3ccccc32)cc1Cl. The van der Waals surface area contributed by atoms with Crippen molar-refractivity contribution in [3.63, 3.8) is 0 Å². The monoisotopic (exact) mass is 268 g/mol. The first-order valence-corrected chi connectivity index (χ1v) is 6.01. The molecule has 0 saturated carbocycles. The van der Waals surface area contributed by atoms with Crippen molar-refractivity contribution in [1.29, 1.82) is 5.26 Å². The maximum Gasteiger partial charge on any atom is 0.205 e. The molecule has 3 aromatic rings. The molecule has 0 aliphatic heterocycles. The number of hydrogen-bond acceptors (Lipinski definition) is 3. The summed E-state index contributed by atoms with van der Waals surface area (Å²) in [5.41, 5.74) is 8.90. The van der Waals surface area contributed by atoms with Gasteiger partial charge in [0.15, 0.2) is 0 Å². The van der Waals surface area contributed by atoms with Crippen LogP contribution in [0.25, 0.3) is 16.7 Å². The lowest BCUT2D eigenvalue weighted by atomic mass is 10.2. The Morgan fingerprint density at radius 3 is 2.74 bits per heavy atom. The molecule has 0 saturated heterocycles. The first kappa shape index (κ1) is 11.6. The van der Waals surface area contributed by atoms with Gasteiger partial charge in [-0.25, -0.2) is 4.98 Å². The van der Waals surface area contributed by atoms with E-state index in [1.807, 2.05) is 34.9 Å². The lowest BCUT2D eigenvalue weighted by molar-refractivity contribution is 1.11. The first-order chi connectivity index (χ1) is 9.20. The highest BCUT2D eigenvalue weighted by Gasteiger charge is 2.10. The van der Waals surface area contributed by atoms with Crippen molar-refractivity contribution in [2.45, 2.75) is 0 Å². The molecule has 2 aromatic carbocycles. The molecule has 0 fully saturated rings. The highest BCUT2D eigenvalue weighted by molar-refractivity contribution is 6.31. The van der Waals surface area contributed by atoms with Crippen molar-refractivity contribution in [1.82, 2.24) is 9.55 Å². The molecule has 3 rings (SSSR count). The zero-order chi connectivity index (χ0) is 13.4. The Morgan fingerprint density at radius 2 is 2.00 bits per heavy atom. The van der Waals surface area contributed by atoms with E-state index in [0.29, 0.717) is 16.5 Å². The Kier molecular flexibility index (Phi) is 2.62. The number of nitrogen functional groups attached to an aromatic ring is 1. The molecule has 0 radical (unpaired) electrons. The summed E-state index contributed by atoms with van der Waals surface area (Å²) < 4.78 is 1.81. The summed E-state index contributed by atoms with van der Waals surface area (Å²) in [5, 5.41) is 9.29.